The maximum absolute atomic E-state index is 13.3. The van der Waals surface area contributed by atoms with Crippen LogP contribution in [0.15, 0.2) is 54.1 Å². The van der Waals surface area contributed by atoms with Gasteiger partial charge in [0, 0.05) is 5.56 Å². The number of thiazole rings is 1. The Balaban J connectivity index is 1.88. The molecule has 186 valence electrons. The van der Waals surface area contributed by atoms with Crippen molar-refractivity contribution in [3.8, 4) is 5.75 Å². The molecule has 3 aromatic rings. The summed E-state index contributed by atoms with van der Waals surface area (Å²) in [6, 6.07) is 13.0. The first-order valence-corrected chi connectivity index (χ1v) is 12.3. The molecule has 0 radical (unpaired) electrons. The molecule has 1 aromatic heterocycles. The lowest BCUT2D eigenvalue weighted by Crippen LogP contribution is -2.29. The Labute approximate surface area is 212 Å². The molecule has 36 heavy (non-hydrogen) atoms. The van der Waals surface area contributed by atoms with Crippen molar-refractivity contribution < 1.29 is 29.0 Å². The van der Waals surface area contributed by atoms with E-state index < -0.39 is 23.7 Å². The maximum atomic E-state index is 13.3. The molecule has 2 heterocycles. The summed E-state index contributed by atoms with van der Waals surface area (Å²) in [5.41, 5.74) is 2.31. The van der Waals surface area contributed by atoms with E-state index in [-0.39, 0.29) is 27.9 Å². The van der Waals surface area contributed by atoms with Crippen LogP contribution < -0.4 is 9.64 Å². The fraction of sp³-hybridized carbons (Fsp3) is 0.259. The monoisotopic (exact) mass is 506 g/mol. The van der Waals surface area contributed by atoms with Crippen LogP contribution in [0.25, 0.3) is 5.76 Å². The SMILES string of the molecule is CCOC(=O)c1sc(N2C(=O)C(=O)C(=C(O)c3ccc(C)cc3)[C@@H]2c2ccc(OCC)cc2)nc1C. The molecule has 0 unspecified atom stereocenters. The first kappa shape index (κ1) is 25.1. The smallest absolute Gasteiger partial charge is 0.350 e. The summed E-state index contributed by atoms with van der Waals surface area (Å²) in [6.07, 6.45) is 0. The number of carbonyl (C=O) groups is 3. The summed E-state index contributed by atoms with van der Waals surface area (Å²) >= 11 is 0.970. The van der Waals surface area contributed by atoms with Gasteiger partial charge in [0.25, 0.3) is 5.78 Å². The van der Waals surface area contributed by atoms with Crippen LogP contribution in [0.2, 0.25) is 0 Å². The number of Topliss-reactive ketones (excluding diaryl/α,β-unsaturated/α-hetero) is 1. The summed E-state index contributed by atoms with van der Waals surface area (Å²) in [7, 11) is 0. The van der Waals surface area contributed by atoms with E-state index in [0.717, 1.165) is 16.9 Å². The van der Waals surface area contributed by atoms with Crippen molar-refractivity contribution in [1.82, 2.24) is 4.98 Å². The third-order valence-corrected chi connectivity index (χ3v) is 6.87. The highest BCUT2D eigenvalue weighted by molar-refractivity contribution is 7.17. The summed E-state index contributed by atoms with van der Waals surface area (Å²) in [6.45, 7) is 7.80. The molecule has 9 heteroatoms. The van der Waals surface area contributed by atoms with Crippen LogP contribution in [-0.2, 0) is 14.3 Å². The Kier molecular flexibility index (Phi) is 7.21. The molecule has 1 saturated heterocycles. The van der Waals surface area contributed by atoms with Crippen molar-refractivity contribution in [2.45, 2.75) is 33.7 Å². The summed E-state index contributed by atoms with van der Waals surface area (Å²) in [4.78, 5) is 44.9. The van der Waals surface area contributed by atoms with E-state index in [0.29, 0.717) is 29.2 Å². The second kappa shape index (κ2) is 10.3. The molecule has 0 spiro atoms. The molecular formula is C27H26N2O6S. The Morgan fingerprint density at radius 1 is 1.03 bits per heavy atom. The number of aromatic nitrogens is 1. The Bertz CT molecular complexity index is 1340. The summed E-state index contributed by atoms with van der Waals surface area (Å²) in [5, 5.41) is 11.4. The third-order valence-electron chi connectivity index (χ3n) is 5.73. The van der Waals surface area contributed by atoms with Gasteiger partial charge in [0.2, 0.25) is 0 Å². The van der Waals surface area contributed by atoms with Gasteiger partial charge in [-0.15, -0.1) is 0 Å². The molecule has 1 fully saturated rings. The van der Waals surface area contributed by atoms with E-state index >= 15 is 0 Å². The highest BCUT2D eigenvalue weighted by Gasteiger charge is 2.48. The van der Waals surface area contributed by atoms with Crippen LogP contribution >= 0.6 is 11.3 Å². The number of nitrogens with zero attached hydrogens (tertiary/aromatic N) is 2. The van der Waals surface area contributed by atoms with Gasteiger partial charge in [-0.3, -0.25) is 14.5 Å². The molecule has 8 nitrogen and oxygen atoms in total. The van der Waals surface area contributed by atoms with Crippen molar-refractivity contribution in [2.75, 3.05) is 18.1 Å². The van der Waals surface area contributed by atoms with Gasteiger partial charge in [-0.25, -0.2) is 9.78 Å². The van der Waals surface area contributed by atoms with Crippen molar-refractivity contribution in [3.63, 3.8) is 0 Å². The number of esters is 1. The van der Waals surface area contributed by atoms with E-state index in [4.69, 9.17) is 9.47 Å². The summed E-state index contributed by atoms with van der Waals surface area (Å²) < 4.78 is 10.6. The highest BCUT2D eigenvalue weighted by atomic mass is 32.1. The fourth-order valence-electron chi connectivity index (χ4n) is 4.00. The van der Waals surface area contributed by atoms with Gasteiger partial charge in [0.15, 0.2) is 5.13 Å². The number of aliphatic hydroxyl groups excluding tert-OH is 1. The zero-order chi connectivity index (χ0) is 26.0. The van der Waals surface area contributed by atoms with E-state index in [9.17, 15) is 19.5 Å². The number of carbonyl (C=O) groups excluding carboxylic acids is 3. The highest BCUT2D eigenvalue weighted by Crippen LogP contribution is 2.44. The van der Waals surface area contributed by atoms with Gasteiger partial charge in [-0.2, -0.15) is 0 Å². The third kappa shape index (κ3) is 4.61. The normalized spacial score (nSPS) is 16.9. The minimum absolute atomic E-state index is 0.0569. The standard InChI is InChI=1S/C27H26N2O6S/c1-5-34-19-13-11-17(12-14-19)21-20(22(30)18-9-7-15(3)8-10-18)23(31)25(32)29(21)27-28-16(4)24(36-27)26(33)35-6-2/h7-14,21,30H,5-6H2,1-4H3/t21-/m0/s1. The van der Waals surface area contributed by atoms with Crippen LogP contribution in [0.1, 0.15) is 51.9 Å². The quantitative estimate of drug-likeness (QED) is 0.209. The second-order valence-electron chi connectivity index (χ2n) is 8.17. The topological polar surface area (TPSA) is 106 Å². The predicted molar refractivity (Wildman–Crippen MR) is 136 cm³/mol. The van der Waals surface area contributed by atoms with Crippen molar-refractivity contribution in [3.05, 3.63) is 81.4 Å². The number of ketones is 1. The number of benzene rings is 2. The number of rotatable bonds is 7. The first-order chi connectivity index (χ1) is 17.3. The van der Waals surface area contributed by atoms with Crippen molar-refractivity contribution in [2.24, 2.45) is 0 Å². The number of amides is 1. The molecule has 1 aliphatic rings. The van der Waals surface area contributed by atoms with Gasteiger partial charge in [-0.1, -0.05) is 53.3 Å². The van der Waals surface area contributed by atoms with Gasteiger partial charge >= 0.3 is 11.9 Å². The average molecular weight is 507 g/mol. The number of anilines is 1. The van der Waals surface area contributed by atoms with E-state index in [1.807, 2.05) is 26.0 Å². The number of aliphatic hydroxyl groups is 1. The minimum atomic E-state index is -0.956. The zero-order valence-electron chi connectivity index (χ0n) is 20.4. The molecule has 1 atom stereocenters. The molecule has 0 saturated carbocycles. The van der Waals surface area contributed by atoms with Crippen molar-refractivity contribution >= 4 is 39.9 Å². The van der Waals surface area contributed by atoms with Gasteiger partial charge < -0.3 is 14.6 Å². The molecule has 1 amide bonds. The second-order valence-corrected chi connectivity index (χ2v) is 9.15. The van der Waals surface area contributed by atoms with Crippen LogP contribution in [-0.4, -0.2) is 41.0 Å². The molecule has 1 N–H and O–H groups in total. The Morgan fingerprint density at radius 3 is 2.31 bits per heavy atom. The molecule has 1 aliphatic heterocycles. The largest absolute Gasteiger partial charge is 0.507 e. The summed E-state index contributed by atoms with van der Waals surface area (Å²) in [5.74, 6) is -1.88. The van der Waals surface area contributed by atoms with Crippen LogP contribution in [0, 0.1) is 13.8 Å². The van der Waals surface area contributed by atoms with Gasteiger partial charge in [-0.05, 0) is 45.4 Å². The molecule has 4 rings (SSSR count). The minimum Gasteiger partial charge on any atom is -0.507 e. The van der Waals surface area contributed by atoms with Crippen LogP contribution in [0.4, 0.5) is 5.13 Å². The average Bonchev–Trinajstić information content (AvgIpc) is 3.37. The van der Waals surface area contributed by atoms with Crippen LogP contribution in [0.3, 0.4) is 0 Å². The molecule has 2 aromatic carbocycles. The lowest BCUT2D eigenvalue weighted by molar-refractivity contribution is -0.132. The van der Waals surface area contributed by atoms with Crippen molar-refractivity contribution in [1.29, 1.82) is 0 Å². The Morgan fingerprint density at radius 2 is 1.69 bits per heavy atom. The van der Waals surface area contributed by atoms with Gasteiger partial charge in [0.05, 0.1) is 30.5 Å². The lowest BCUT2D eigenvalue weighted by Gasteiger charge is -2.23. The van der Waals surface area contributed by atoms with Crippen LogP contribution in [0.5, 0.6) is 5.75 Å². The van der Waals surface area contributed by atoms with Gasteiger partial charge in [0.1, 0.15) is 16.4 Å². The van der Waals surface area contributed by atoms with E-state index in [2.05, 4.69) is 4.98 Å². The number of hydrogen-bond donors (Lipinski definition) is 1. The number of ether oxygens (including phenoxy) is 2. The number of hydrogen-bond acceptors (Lipinski definition) is 8. The fourth-order valence-corrected chi connectivity index (χ4v) is 4.98. The Hall–Kier alpha value is -3.98. The zero-order valence-corrected chi connectivity index (χ0v) is 21.2. The maximum Gasteiger partial charge on any atom is 0.350 e. The van der Waals surface area contributed by atoms with E-state index in [1.165, 1.54) is 4.90 Å². The number of aryl methyl sites for hydroxylation is 2. The van der Waals surface area contributed by atoms with E-state index in [1.54, 1.807) is 50.2 Å². The molecule has 0 aliphatic carbocycles. The molecule has 0 bridgehead atoms. The first-order valence-electron chi connectivity index (χ1n) is 11.5. The predicted octanol–water partition coefficient (Wildman–Crippen LogP) is 4.96. The molecular weight excluding hydrogens is 480 g/mol. The lowest BCUT2D eigenvalue weighted by atomic mass is 9.95.